The van der Waals surface area contributed by atoms with Crippen LogP contribution < -0.4 is 0 Å². The molecule has 0 radical (unpaired) electrons. The summed E-state index contributed by atoms with van der Waals surface area (Å²) in [6, 6.07) is 4.41. The molecule has 0 fully saturated rings. The first-order valence-electron chi connectivity index (χ1n) is 6.86. The lowest BCUT2D eigenvalue weighted by Crippen LogP contribution is -2.47. The predicted molar refractivity (Wildman–Crippen MR) is 79.9 cm³/mol. The van der Waals surface area contributed by atoms with Crippen molar-refractivity contribution in [1.29, 1.82) is 0 Å². The zero-order valence-corrected chi connectivity index (χ0v) is 14.2. The van der Waals surface area contributed by atoms with Gasteiger partial charge in [-0.1, -0.05) is 12.1 Å². The lowest BCUT2D eigenvalue weighted by atomic mass is 10.2. The molecule has 1 atom stereocenters. The largest absolute Gasteiger partial charge is 0.402 e. The van der Waals surface area contributed by atoms with Gasteiger partial charge in [-0.15, -0.1) is 0 Å². The second-order valence-corrected chi connectivity index (χ2v) is 7.68. The Morgan fingerprint density at radius 1 is 1.17 bits per heavy atom. The van der Waals surface area contributed by atoms with Crippen molar-refractivity contribution in [2.75, 3.05) is 20.6 Å². The van der Waals surface area contributed by atoms with Crippen LogP contribution in [0, 0.1) is 5.82 Å². The van der Waals surface area contributed by atoms with Crippen LogP contribution in [0.1, 0.15) is 12.5 Å². The molecule has 1 unspecified atom stereocenters. The van der Waals surface area contributed by atoms with Crippen molar-refractivity contribution < 1.29 is 30.8 Å². The van der Waals surface area contributed by atoms with Crippen molar-refractivity contribution >= 4 is 15.9 Å². The summed E-state index contributed by atoms with van der Waals surface area (Å²) in [7, 11) is -1.94. The van der Waals surface area contributed by atoms with Gasteiger partial charge in [0.05, 0.1) is 0 Å². The molecule has 0 aliphatic rings. The van der Waals surface area contributed by atoms with E-state index in [0.717, 1.165) is 24.0 Å². The number of benzene rings is 1. The SMILES string of the molecule is CC(C(=O)N(C)C)S(=O)(=O)N(Cc1ccc(F)cc1)CC(F)(F)F. The van der Waals surface area contributed by atoms with Gasteiger partial charge in [-0.3, -0.25) is 4.79 Å². The minimum atomic E-state index is -4.78. The average molecular weight is 370 g/mol. The molecule has 0 spiro atoms. The number of carbonyl (C=O) groups excluding carboxylic acids is 1. The number of halogens is 4. The van der Waals surface area contributed by atoms with Gasteiger partial charge in [0.15, 0.2) is 5.25 Å². The van der Waals surface area contributed by atoms with Crippen molar-refractivity contribution in [1.82, 2.24) is 9.21 Å². The molecule has 0 saturated heterocycles. The zero-order chi connectivity index (χ0) is 18.7. The first kappa shape index (κ1) is 20.4. The molecule has 1 aromatic carbocycles. The molecular weight excluding hydrogens is 352 g/mol. The van der Waals surface area contributed by atoms with Gasteiger partial charge in [-0.05, 0) is 24.6 Å². The highest BCUT2D eigenvalue weighted by Crippen LogP contribution is 2.23. The molecule has 10 heteroatoms. The zero-order valence-electron chi connectivity index (χ0n) is 13.3. The summed E-state index contributed by atoms with van der Waals surface area (Å²) in [5, 5.41) is -1.67. The van der Waals surface area contributed by atoms with Crippen molar-refractivity contribution in [2.24, 2.45) is 0 Å². The molecule has 1 rings (SSSR count). The molecule has 5 nitrogen and oxygen atoms in total. The molecule has 0 aromatic heterocycles. The molecule has 0 aliphatic carbocycles. The second kappa shape index (κ2) is 7.47. The van der Waals surface area contributed by atoms with Crippen LogP contribution in [-0.4, -0.2) is 55.6 Å². The molecule has 0 aliphatic heterocycles. The Labute approximate surface area is 137 Å². The maximum absolute atomic E-state index is 12.9. The van der Waals surface area contributed by atoms with Gasteiger partial charge in [0.1, 0.15) is 12.4 Å². The number of hydrogen-bond acceptors (Lipinski definition) is 3. The van der Waals surface area contributed by atoms with E-state index in [9.17, 15) is 30.8 Å². The standard InChI is InChI=1S/C14H18F4N2O3S/c1-10(13(21)19(2)3)24(22,23)20(9-14(16,17)18)8-11-4-6-12(15)7-5-11/h4-7,10H,8-9H2,1-3H3. The third kappa shape index (κ3) is 5.45. The molecule has 24 heavy (non-hydrogen) atoms. The van der Waals surface area contributed by atoms with E-state index in [1.807, 2.05) is 0 Å². The van der Waals surface area contributed by atoms with E-state index in [1.54, 1.807) is 0 Å². The Morgan fingerprint density at radius 3 is 2.08 bits per heavy atom. The smallest absolute Gasteiger partial charge is 0.348 e. The monoisotopic (exact) mass is 370 g/mol. The Hall–Kier alpha value is -1.68. The molecular formula is C14H18F4N2O3S. The van der Waals surface area contributed by atoms with E-state index in [0.29, 0.717) is 0 Å². The number of amides is 1. The lowest BCUT2D eigenvalue weighted by molar-refractivity contribution is -0.137. The van der Waals surface area contributed by atoms with Crippen LogP contribution in [0.15, 0.2) is 24.3 Å². The van der Waals surface area contributed by atoms with Crippen molar-refractivity contribution in [2.45, 2.75) is 24.9 Å². The molecule has 1 amide bonds. The highest BCUT2D eigenvalue weighted by Gasteiger charge is 2.41. The fraction of sp³-hybridized carbons (Fsp3) is 0.500. The van der Waals surface area contributed by atoms with Gasteiger partial charge in [0.2, 0.25) is 15.9 Å². The van der Waals surface area contributed by atoms with Crippen molar-refractivity contribution in [3.05, 3.63) is 35.6 Å². The first-order chi connectivity index (χ1) is 10.8. The van der Waals surface area contributed by atoms with Gasteiger partial charge in [0, 0.05) is 20.6 Å². The minimum Gasteiger partial charge on any atom is -0.348 e. The van der Waals surface area contributed by atoms with Gasteiger partial charge in [-0.25, -0.2) is 12.8 Å². The summed E-state index contributed by atoms with van der Waals surface area (Å²) in [4.78, 5) is 12.8. The summed E-state index contributed by atoms with van der Waals surface area (Å²) >= 11 is 0. The van der Waals surface area contributed by atoms with Gasteiger partial charge >= 0.3 is 6.18 Å². The van der Waals surface area contributed by atoms with Gasteiger partial charge < -0.3 is 4.90 Å². The summed E-state index contributed by atoms with van der Waals surface area (Å²) < 4.78 is 76.2. The highest BCUT2D eigenvalue weighted by atomic mass is 32.2. The summed E-state index contributed by atoms with van der Waals surface area (Å²) in [5.74, 6) is -1.43. The highest BCUT2D eigenvalue weighted by molar-refractivity contribution is 7.90. The normalized spacial score (nSPS) is 13.8. The summed E-state index contributed by atoms with van der Waals surface area (Å²) in [5.41, 5.74) is 0.175. The fourth-order valence-electron chi connectivity index (χ4n) is 1.94. The quantitative estimate of drug-likeness (QED) is 0.720. The van der Waals surface area contributed by atoms with Gasteiger partial charge in [-0.2, -0.15) is 17.5 Å². The Bertz CT molecular complexity index is 672. The molecule has 0 bridgehead atoms. The number of hydrogen-bond donors (Lipinski definition) is 0. The molecule has 1 aromatic rings. The van der Waals surface area contributed by atoms with E-state index in [2.05, 4.69) is 0 Å². The minimum absolute atomic E-state index is 0.175. The Balaban J connectivity index is 3.16. The van der Waals surface area contributed by atoms with Crippen LogP contribution in [0.4, 0.5) is 17.6 Å². The van der Waals surface area contributed by atoms with Gasteiger partial charge in [0.25, 0.3) is 0 Å². The molecule has 136 valence electrons. The Kier molecular flexibility index (Phi) is 6.34. The third-order valence-electron chi connectivity index (χ3n) is 3.22. The van der Waals surface area contributed by atoms with E-state index < -0.39 is 46.3 Å². The summed E-state index contributed by atoms with van der Waals surface area (Å²) in [6.45, 7) is -1.32. The van der Waals surface area contributed by atoms with Crippen LogP contribution >= 0.6 is 0 Å². The van der Waals surface area contributed by atoms with Crippen LogP contribution in [0.25, 0.3) is 0 Å². The van der Waals surface area contributed by atoms with E-state index in [4.69, 9.17) is 0 Å². The lowest BCUT2D eigenvalue weighted by Gasteiger charge is -2.27. The Morgan fingerprint density at radius 2 is 1.67 bits per heavy atom. The fourth-order valence-corrected chi connectivity index (χ4v) is 3.51. The van der Waals surface area contributed by atoms with Crippen molar-refractivity contribution in [3.63, 3.8) is 0 Å². The number of nitrogens with zero attached hydrogens (tertiary/aromatic N) is 2. The average Bonchev–Trinajstić information content (AvgIpc) is 2.45. The van der Waals surface area contributed by atoms with Crippen LogP contribution in [0.5, 0.6) is 0 Å². The number of alkyl halides is 3. The van der Waals surface area contributed by atoms with E-state index in [1.165, 1.54) is 26.2 Å². The number of carbonyl (C=O) groups is 1. The van der Waals surface area contributed by atoms with Crippen molar-refractivity contribution in [3.8, 4) is 0 Å². The van der Waals surface area contributed by atoms with E-state index >= 15 is 0 Å². The van der Waals surface area contributed by atoms with E-state index in [-0.39, 0.29) is 9.87 Å². The predicted octanol–water partition coefficient (Wildman–Crippen LogP) is 2.00. The summed E-state index contributed by atoms with van der Waals surface area (Å²) in [6.07, 6.45) is -4.78. The van der Waals surface area contributed by atoms with Crippen LogP contribution in [0.2, 0.25) is 0 Å². The third-order valence-corrected chi connectivity index (χ3v) is 5.30. The maximum atomic E-state index is 12.9. The molecule has 0 heterocycles. The van der Waals surface area contributed by atoms with Crippen LogP contribution in [0.3, 0.4) is 0 Å². The molecule has 0 saturated carbocycles. The maximum Gasteiger partial charge on any atom is 0.402 e. The number of sulfonamides is 1. The first-order valence-corrected chi connectivity index (χ1v) is 8.36. The molecule has 0 N–H and O–H groups in total. The van der Waals surface area contributed by atoms with Crippen LogP contribution in [-0.2, 0) is 21.4 Å². The second-order valence-electron chi connectivity index (χ2n) is 5.43. The topological polar surface area (TPSA) is 57.7 Å². The number of rotatable bonds is 6.